The van der Waals surface area contributed by atoms with Gasteiger partial charge in [-0.05, 0) is 79.4 Å². The van der Waals surface area contributed by atoms with E-state index in [0.29, 0.717) is 30.2 Å². The quantitative estimate of drug-likeness (QED) is 0.527. The molecule has 3 heterocycles. The second-order valence-electron chi connectivity index (χ2n) is 11.8. The van der Waals surface area contributed by atoms with Gasteiger partial charge in [-0.3, -0.25) is 19.4 Å². The second kappa shape index (κ2) is 9.88. The number of carbonyl (C=O) groups is 2. The van der Waals surface area contributed by atoms with Gasteiger partial charge in [0.15, 0.2) is 0 Å². The van der Waals surface area contributed by atoms with Gasteiger partial charge in [-0.25, -0.2) is 0 Å². The molecule has 2 aromatic rings. The van der Waals surface area contributed by atoms with E-state index in [2.05, 4.69) is 34.1 Å². The number of rotatable bonds is 5. The Morgan fingerprint density at radius 2 is 1.47 bits per heavy atom. The maximum atomic E-state index is 13.3. The first kappa shape index (κ1) is 24.6. The molecule has 2 aliphatic heterocycles. The highest BCUT2D eigenvalue weighted by Crippen LogP contribution is 2.56. The molecule has 194 valence electrons. The monoisotopic (exact) mass is 528 g/mol. The first-order chi connectivity index (χ1) is 17.2. The van der Waals surface area contributed by atoms with E-state index in [1.807, 2.05) is 0 Å². The van der Waals surface area contributed by atoms with Crippen molar-refractivity contribution in [3.8, 4) is 0 Å². The summed E-state index contributed by atoms with van der Waals surface area (Å²) in [7, 11) is 0. The molecule has 0 spiro atoms. The highest BCUT2D eigenvalue weighted by Gasteiger charge is 2.61. The van der Waals surface area contributed by atoms with E-state index in [9.17, 15) is 9.59 Å². The van der Waals surface area contributed by atoms with Crippen molar-refractivity contribution < 1.29 is 9.59 Å². The Labute approximate surface area is 224 Å². The molecule has 1 aromatic heterocycles. The molecule has 8 heteroatoms. The van der Waals surface area contributed by atoms with Gasteiger partial charge in [0.05, 0.1) is 16.5 Å². The van der Waals surface area contributed by atoms with Gasteiger partial charge in [0.25, 0.3) is 0 Å². The highest BCUT2D eigenvalue weighted by molar-refractivity contribution is 7.13. The fraction of sp³-hybridized carbons (Fsp3) is 0.679. The second-order valence-corrected chi connectivity index (χ2v) is 12.6. The minimum Gasteiger partial charge on any atom is -0.353 e. The number of aromatic nitrogens is 1. The van der Waals surface area contributed by atoms with E-state index in [0.717, 1.165) is 64.2 Å². The first-order valence-electron chi connectivity index (χ1n) is 13.8. The number of carbonyl (C=O) groups excluding carboxylic acids is 2. The molecule has 0 N–H and O–H groups in total. The van der Waals surface area contributed by atoms with Gasteiger partial charge in [0.2, 0.25) is 11.8 Å². The molecule has 36 heavy (non-hydrogen) atoms. The van der Waals surface area contributed by atoms with Gasteiger partial charge in [-0.15, -0.1) is 12.4 Å². The number of hydrogen-bond acceptors (Lipinski definition) is 6. The molecule has 6 nitrogen and oxygen atoms in total. The average Bonchev–Trinajstić information content (AvgIpc) is 3.66. The third-order valence-electron chi connectivity index (χ3n) is 10.0. The molecule has 2 amide bonds. The van der Waals surface area contributed by atoms with Crippen LogP contribution in [0.15, 0.2) is 24.3 Å². The Kier molecular flexibility index (Phi) is 6.76. The van der Waals surface area contributed by atoms with Crippen LogP contribution >= 0.6 is 23.9 Å². The first-order valence-corrected chi connectivity index (χ1v) is 14.6. The Bertz CT molecular complexity index is 1100. The van der Waals surface area contributed by atoms with Crippen LogP contribution in [0.1, 0.15) is 44.9 Å². The summed E-state index contributed by atoms with van der Waals surface area (Å²) in [5.41, 5.74) is 0. The van der Waals surface area contributed by atoms with Crippen LogP contribution in [-0.4, -0.2) is 65.3 Å². The van der Waals surface area contributed by atoms with E-state index >= 15 is 0 Å². The number of hydrogen-bond donors (Lipinski definition) is 0. The lowest BCUT2D eigenvalue weighted by atomic mass is 9.78. The number of halogens is 1. The third kappa shape index (κ3) is 4.06. The smallest absolute Gasteiger partial charge is 0.233 e. The fourth-order valence-electron chi connectivity index (χ4n) is 8.22. The maximum absolute atomic E-state index is 13.3. The van der Waals surface area contributed by atoms with Crippen LogP contribution in [0.3, 0.4) is 0 Å². The van der Waals surface area contributed by atoms with Gasteiger partial charge in [0.1, 0.15) is 5.82 Å². The predicted octanol–water partition coefficient (Wildman–Crippen LogP) is 4.68. The highest BCUT2D eigenvalue weighted by atomic mass is 35.5. The number of benzene rings is 1. The fourth-order valence-corrected chi connectivity index (χ4v) is 9.02. The molecule has 5 fully saturated rings. The van der Waals surface area contributed by atoms with Crippen molar-refractivity contribution in [3.05, 3.63) is 24.3 Å². The molecule has 3 aliphatic carbocycles. The summed E-state index contributed by atoms with van der Waals surface area (Å²) in [6.45, 7) is 5.93. The van der Waals surface area contributed by atoms with Gasteiger partial charge >= 0.3 is 0 Å². The van der Waals surface area contributed by atoms with Crippen molar-refractivity contribution in [2.75, 3.05) is 44.2 Å². The van der Waals surface area contributed by atoms with Crippen LogP contribution in [0.25, 0.3) is 10.1 Å². The molecular weight excluding hydrogens is 492 g/mol. The molecule has 0 radical (unpaired) electrons. The van der Waals surface area contributed by atoms with Crippen LogP contribution < -0.4 is 4.90 Å². The molecule has 7 rings (SSSR count). The van der Waals surface area contributed by atoms with Gasteiger partial charge in [-0.2, -0.15) is 4.37 Å². The Balaban J connectivity index is 0.00000240. The van der Waals surface area contributed by atoms with Gasteiger partial charge in [0, 0.05) is 44.7 Å². The Morgan fingerprint density at radius 1 is 0.833 bits per heavy atom. The SMILES string of the molecule is Cl.O=C1C2C3CC[C@@H](C3)C2C(=O)N1CC1CCCCC1CN1CCN(c2nsc3ccccc23)CC1. The van der Waals surface area contributed by atoms with Crippen LogP contribution in [0.4, 0.5) is 5.82 Å². The van der Waals surface area contributed by atoms with Crippen molar-refractivity contribution in [1.82, 2.24) is 14.2 Å². The van der Waals surface area contributed by atoms with E-state index < -0.39 is 0 Å². The number of likely N-dealkylation sites (tertiary alicyclic amines) is 1. The number of piperazine rings is 1. The predicted molar refractivity (Wildman–Crippen MR) is 145 cm³/mol. The zero-order chi connectivity index (χ0) is 23.5. The van der Waals surface area contributed by atoms with Crippen LogP contribution in [0.2, 0.25) is 0 Å². The van der Waals surface area contributed by atoms with Crippen LogP contribution in [0, 0.1) is 35.5 Å². The van der Waals surface area contributed by atoms with Gasteiger partial charge < -0.3 is 4.90 Å². The van der Waals surface area contributed by atoms with Crippen molar-refractivity contribution in [2.45, 2.75) is 44.9 Å². The van der Waals surface area contributed by atoms with Crippen molar-refractivity contribution in [3.63, 3.8) is 0 Å². The van der Waals surface area contributed by atoms with Crippen LogP contribution in [-0.2, 0) is 9.59 Å². The summed E-state index contributed by atoms with van der Waals surface area (Å²) in [6.07, 6.45) is 8.35. The Morgan fingerprint density at radius 3 is 2.17 bits per heavy atom. The minimum absolute atomic E-state index is 0. The van der Waals surface area contributed by atoms with Gasteiger partial charge in [-0.1, -0.05) is 25.0 Å². The normalized spacial score (nSPS) is 34.4. The molecule has 6 atom stereocenters. The van der Waals surface area contributed by atoms with E-state index in [-0.39, 0.29) is 36.1 Å². The summed E-state index contributed by atoms with van der Waals surface area (Å²) in [5.74, 6) is 3.59. The average molecular weight is 529 g/mol. The molecule has 2 saturated heterocycles. The topological polar surface area (TPSA) is 56.8 Å². The molecule has 2 bridgehead atoms. The lowest BCUT2D eigenvalue weighted by Gasteiger charge is -2.40. The Hall–Kier alpha value is -1.70. The lowest BCUT2D eigenvalue weighted by molar-refractivity contribution is -0.142. The number of amides is 2. The summed E-state index contributed by atoms with van der Waals surface area (Å²) >= 11 is 1.60. The summed E-state index contributed by atoms with van der Waals surface area (Å²) < 4.78 is 6.02. The van der Waals surface area contributed by atoms with Crippen molar-refractivity contribution in [1.29, 1.82) is 0 Å². The van der Waals surface area contributed by atoms with Crippen molar-refractivity contribution >= 4 is 51.7 Å². The number of nitrogens with zero attached hydrogens (tertiary/aromatic N) is 4. The summed E-state index contributed by atoms with van der Waals surface area (Å²) in [4.78, 5) is 33.4. The standard InChI is InChI=1S/C28H36N4O2S.ClH/c33-27-24-18-9-10-19(15-18)25(24)28(34)32(27)17-21-6-2-1-5-20(21)16-30-11-13-31(14-12-30)26-22-7-3-4-8-23(22)35-29-26;/h3-4,7-8,18-21,24-25H,1-2,5-6,9-17H2;1H/t18-,19?,20?,21?,24?,25?;/m0./s1. The number of anilines is 1. The zero-order valence-corrected chi connectivity index (χ0v) is 22.5. The van der Waals surface area contributed by atoms with E-state index in [1.54, 1.807) is 16.4 Å². The zero-order valence-electron chi connectivity index (χ0n) is 20.9. The maximum Gasteiger partial charge on any atom is 0.233 e. The third-order valence-corrected chi connectivity index (χ3v) is 10.8. The van der Waals surface area contributed by atoms with E-state index in [1.165, 1.54) is 29.3 Å². The molecule has 1 aromatic carbocycles. The van der Waals surface area contributed by atoms with Crippen molar-refractivity contribution in [2.24, 2.45) is 35.5 Å². The molecule has 3 saturated carbocycles. The van der Waals surface area contributed by atoms with Crippen LogP contribution in [0.5, 0.6) is 0 Å². The minimum atomic E-state index is 0. The molecule has 5 aliphatic rings. The molecular formula is C28H37ClN4O2S. The number of fused-ring (bicyclic) bond motifs is 6. The lowest BCUT2D eigenvalue weighted by Crippen LogP contribution is -2.49. The van der Waals surface area contributed by atoms with E-state index in [4.69, 9.17) is 4.37 Å². The largest absolute Gasteiger partial charge is 0.353 e. The number of imide groups is 1. The summed E-state index contributed by atoms with van der Waals surface area (Å²) in [6, 6.07) is 8.54. The summed E-state index contributed by atoms with van der Waals surface area (Å²) in [5, 5.41) is 1.27. The molecule has 5 unspecified atom stereocenters.